The quantitative estimate of drug-likeness (QED) is 0.915. The van der Waals surface area contributed by atoms with Gasteiger partial charge in [0.2, 0.25) is 0 Å². The Morgan fingerprint density at radius 2 is 2.05 bits per heavy atom. The summed E-state index contributed by atoms with van der Waals surface area (Å²) in [5, 5.41) is 10.8. The summed E-state index contributed by atoms with van der Waals surface area (Å²) in [4.78, 5) is 17.7. The van der Waals surface area contributed by atoms with Gasteiger partial charge in [-0.25, -0.2) is 4.79 Å². The Kier molecular flexibility index (Phi) is 3.03. The highest BCUT2D eigenvalue weighted by Crippen LogP contribution is 2.33. The third kappa shape index (κ3) is 2.12. The largest absolute Gasteiger partial charge is 0.478 e. The molecule has 98 valence electrons. The van der Waals surface area contributed by atoms with Crippen LogP contribution in [-0.4, -0.2) is 29.1 Å². The fourth-order valence-electron chi connectivity index (χ4n) is 2.59. The number of carboxylic acid groups (broad SMARTS) is 1. The van der Waals surface area contributed by atoms with Crippen LogP contribution in [-0.2, 0) is 0 Å². The van der Waals surface area contributed by atoms with Gasteiger partial charge in [-0.15, -0.1) is 0 Å². The number of pyridine rings is 1. The van der Waals surface area contributed by atoms with Crippen molar-refractivity contribution in [3.63, 3.8) is 0 Å². The maximum Gasteiger partial charge on any atom is 0.339 e. The first-order chi connectivity index (χ1) is 9.16. The van der Waals surface area contributed by atoms with Gasteiger partial charge in [-0.05, 0) is 31.0 Å². The molecule has 0 amide bonds. The van der Waals surface area contributed by atoms with E-state index in [4.69, 9.17) is 11.6 Å². The molecule has 1 aliphatic rings. The molecule has 1 N–H and O–H groups in total. The van der Waals surface area contributed by atoms with Crippen LogP contribution in [0.3, 0.4) is 0 Å². The van der Waals surface area contributed by atoms with Crippen LogP contribution in [0.25, 0.3) is 10.9 Å². The van der Waals surface area contributed by atoms with Crippen LogP contribution in [0.2, 0.25) is 5.02 Å². The second kappa shape index (κ2) is 4.70. The molecule has 0 bridgehead atoms. The lowest BCUT2D eigenvalue weighted by molar-refractivity contribution is 0.0697. The van der Waals surface area contributed by atoms with E-state index < -0.39 is 5.97 Å². The fraction of sp³-hybridized carbons (Fsp3) is 0.286. The van der Waals surface area contributed by atoms with Gasteiger partial charge >= 0.3 is 5.97 Å². The van der Waals surface area contributed by atoms with E-state index in [0.717, 1.165) is 42.5 Å². The predicted molar refractivity (Wildman–Crippen MR) is 75.2 cm³/mol. The number of carbonyl (C=O) groups is 1. The van der Waals surface area contributed by atoms with Gasteiger partial charge in [0.25, 0.3) is 0 Å². The average Bonchev–Trinajstić information content (AvgIpc) is 2.90. The lowest BCUT2D eigenvalue weighted by Gasteiger charge is -2.21. The molecule has 4 nitrogen and oxygen atoms in total. The van der Waals surface area contributed by atoms with Crippen LogP contribution in [0, 0.1) is 0 Å². The van der Waals surface area contributed by atoms with E-state index in [1.807, 2.05) is 6.07 Å². The smallest absolute Gasteiger partial charge is 0.339 e. The van der Waals surface area contributed by atoms with E-state index >= 15 is 0 Å². The van der Waals surface area contributed by atoms with E-state index in [-0.39, 0.29) is 5.56 Å². The number of fused-ring (bicyclic) bond motifs is 1. The minimum atomic E-state index is -0.939. The predicted octanol–water partition coefficient (Wildman–Crippen LogP) is 3.19. The van der Waals surface area contributed by atoms with Crippen molar-refractivity contribution in [3.05, 3.63) is 35.0 Å². The van der Waals surface area contributed by atoms with Gasteiger partial charge < -0.3 is 10.0 Å². The molecular weight excluding hydrogens is 264 g/mol. The summed E-state index contributed by atoms with van der Waals surface area (Å²) in [6.45, 7) is 1.78. The topological polar surface area (TPSA) is 53.4 Å². The Balaban J connectivity index is 2.28. The van der Waals surface area contributed by atoms with Gasteiger partial charge in [-0.1, -0.05) is 11.6 Å². The summed E-state index contributed by atoms with van der Waals surface area (Å²) in [5.74, 6) is -0.939. The molecule has 0 aliphatic carbocycles. The Morgan fingerprint density at radius 1 is 1.32 bits per heavy atom. The molecule has 3 rings (SSSR count). The van der Waals surface area contributed by atoms with Crippen molar-refractivity contribution in [2.45, 2.75) is 12.8 Å². The van der Waals surface area contributed by atoms with Gasteiger partial charge in [0, 0.05) is 29.7 Å². The summed E-state index contributed by atoms with van der Waals surface area (Å²) in [6, 6.07) is 5.39. The van der Waals surface area contributed by atoms with Crippen LogP contribution in [0.4, 0.5) is 5.69 Å². The van der Waals surface area contributed by atoms with E-state index in [1.165, 1.54) is 6.20 Å². The summed E-state index contributed by atoms with van der Waals surface area (Å²) >= 11 is 5.96. The van der Waals surface area contributed by atoms with E-state index in [2.05, 4.69) is 9.88 Å². The number of benzene rings is 1. The number of rotatable bonds is 2. The Hall–Kier alpha value is -1.81. The van der Waals surface area contributed by atoms with Gasteiger partial charge in [0.15, 0.2) is 0 Å². The van der Waals surface area contributed by atoms with Crippen molar-refractivity contribution >= 4 is 34.2 Å². The molecule has 1 saturated heterocycles. The molecule has 5 heteroatoms. The van der Waals surface area contributed by atoms with Crippen molar-refractivity contribution in [1.82, 2.24) is 4.98 Å². The number of aromatic nitrogens is 1. The summed E-state index contributed by atoms with van der Waals surface area (Å²) in [6.07, 6.45) is 3.61. The third-order valence-corrected chi connectivity index (χ3v) is 3.69. The van der Waals surface area contributed by atoms with Gasteiger partial charge in [0.1, 0.15) is 5.56 Å². The molecule has 1 aliphatic heterocycles. The molecular formula is C14H13ClN2O2. The fourth-order valence-corrected chi connectivity index (χ4v) is 2.76. The van der Waals surface area contributed by atoms with Crippen LogP contribution in [0.1, 0.15) is 23.2 Å². The molecule has 0 atom stereocenters. The maximum absolute atomic E-state index is 11.4. The molecule has 0 spiro atoms. The zero-order valence-electron chi connectivity index (χ0n) is 10.3. The van der Waals surface area contributed by atoms with Crippen LogP contribution < -0.4 is 4.90 Å². The third-order valence-electron chi connectivity index (χ3n) is 3.46. The van der Waals surface area contributed by atoms with Crippen molar-refractivity contribution in [2.75, 3.05) is 18.0 Å². The first kappa shape index (κ1) is 12.2. The molecule has 1 aromatic heterocycles. The monoisotopic (exact) mass is 276 g/mol. The van der Waals surface area contributed by atoms with E-state index in [0.29, 0.717) is 5.02 Å². The number of carboxylic acids is 1. The number of halogens is 1. The van der Waals surface area contributed by atoms with E-state index in [1.54, 1.807) is 12.1 Å². The normalized spacial score (nSPS) is 15.1. The average molecular weight is 277 g/mol. The van der Waals surface area contributed by atoms with Crippen molar-refractivity contribution in [2.24, 2.45) is 0 Å². The Bertz CT molecular complexity index is 651. The van der Waals surface area contributed by atoms with Crippen molar-refractivity contribution in [1.29, 1.82) is 0 Å². The van der Waals surface area contributed by atoms with Gasteiger partial charge in [0.05, 0.1) is 11.2 Å². The first-order valence-electron chi connectivity index (χ1n) is 6.23. The molecule has 19 heavy (non-hydrogen) atoms. The van der Waals surface area contributed by atoms with Crippen LogP contribution in [0.5, 0.6) is 0 Å². The highest BCUT2D eigenvalue weighted by atomic mass is 35.5. The zero-order valence-corrected chi connectivity index (χ0v) is 11.0. The molecule has 0 radical (unpaired) electrons. The van der Waals surface area contributed by atoms with Crippen molar-refractivity contribution in [3.8, 4) is 0 Å². The highest BCUT2D eigenvalue weighted by molar-refractivity contribution is 6.31. The number of aromatic carboxylic acids is 1. The minimum absolute atomic E-state index is 0.261. The molecule has 1 aromatic carbocycles. The Morgan fingerprint density at radius 3 is 2.74 bits per heavy atom. The molecule has 2 aromatic rings. The number of hydrogen-bond donors (Lipinski definition) is 1. The van der Waals surface area contributed by atoms with Crippen LogP contribution >= 0.6 is 11.6 Å². The van der Waals surface area contributed by atoms with Crippen LogP contribution in [0.15, 0.2) is 24.4 Å². The molecule has 0 saturated carbocycles. The molecule has 2 heterocycles. The summed E-state index contributed by atoms with van der Waals surface area (Å²) in [7, 11) is 0. The van der Waals surface area contributed by atoms with Gasteiger partial charge in [-0.3, -0.25) is 4.98 Å². The van der Waals surface area contributed by atoms with Gasteiger partial charge in [-0.2, -0.15) is 0 Å². The van der Waals surface area contributed by atoms with E-state index in [9.17, 15) is 9.90 Å². The number of nitrogens with zero attached hydrogens (tertiary/aromatic N) is 2. The first-order valence-corrected chi connectivity index (χ1v) is 6.61. The number of anilines is 1. The highest BCUT2D eigenvalue weighted by Gasteiger charge is 2.22. The SMILES string of the molecule is O=C(O)c1cnc2cc(Cl)ccc2c1N1CCCC1. The number of hydrogen-bond acceptors (Lipinski definition) is 3. The molecule has 0 unspecified atom stereocenters. The summed E-state index contributed by atoms with van der Waals surface area (Å²) < 4.78 is 0. The molecule has 1 fully saturated rings. The zero-order chi connectivity index (χ0) is 13.4. The minimum Gasteiger partial charge on any atom is -0.478 e. The standard InChI is InChI=1S/C14H13ClN2O2/c15-9-3-4-10-12(7-9)16-8-11(14(18)19)13(10)17-5-1-2-6-17/h3-4,7-8H,1-2,5-6H2,(H,18,19). The second-order valence-corrected chi connectivity index (χ2v) is 5.12. The lowest BCUT2D eigenvalue weighted by atomic mass is 10.1. The van der Waals surface area contributed by atoms with Crippen molar-refractivity contribution < 1.29 is 9.90 Å². The Labute approximate surface area is 115 Å². The second-order valence-electron chi connectivity index (χ2n) is 4.68. The summed E-state index contributed by atoms with van der Waals surface area (Å²) in [5.41, 5.74) is 1.77. The maximum atomic E-state index is 11.4. The lowest BCUT2D eigenvalue weighted by Crippen LogP contribution is -2.21.